The van der Waals surface area contributed by atoms with E-state index < -0.39 is 39.4 Å². The normalized spacial score (nSPS) is 10.7. The lowest BCUT2D eigenvalue weighted by Gasteiger charge is -2.15. The Kier molecular flexibility index (Phi) is 5.12. The van der Waals surface area contributed by atoms with Crippen molar-refractivity contribution in [1.82, 2.24) is 0 Å². The first-order valence-electron chi connectivity index (χ1n) is 7.96. The van der Waals surface area contributed by atoms with E-state index in [0.29, 0.717) is 11.1 Å². The van der Waals surface area contributed by atoms with Crippen LogP contribution in [-0.4, -0.2) is 12.0 Å². The van der Waals surface area contributed by atoms with Crippen molar-refractivity contribution in [2.24, 2.45) is 0 Å². The zero-order chi connectivity index (χ0) is 19.6. The van der Waals surface area contributed by atoms with Gasteiger partial charge in [-0.15, -0.1) is 0 Å². The fourth-order valence-electron chi connectivity index (χ4n) is 2.89. The Hall–Kier alpha value is -3.35. The number of nitro groups is 1. The Labute approximate surface area is 153 Å². The predicted molar refractivity (Wildman–Crippen MR) is 94.2 cm³/mol. The number of hydrogen-bond acceptors (Lipinski definition) is 3. The monoisotopic (exact) mass is 373 g/mol. The van der Waals surface area contributed by atoms with Gasteiger partial charge in [-0.3, -0.25) is 10.1 Å². The Balaban J connectivity index is 2.28. The van der Waals surface area contributed by atoms with E-state index in [9.17, 15) is 18.9 Å². The summed E-state index contributed by atoms with van der Waals surface area (Å²) in [6, 6.07) is 13.1. The summed E-state index contributed by atoms with van der Waals surface area (Å²) in [5.41, 5.74) is -0.880. The molecule has 0 saturated carbocycles. The van der Waals surface area contributed by atoms with Gasteiger partial charge in [0.25, 0.3) is 0 Å². The van der Waals surface area contributed by atoms with Crippen molar-refractivity contribution in [1.29, 1.82) is 0 Å². The molecule has 0 aliphatic rings. The predicted octanol–water partition coefficient (Wildman–Crippen LogP) is 5.28. The molecule has 0 aliphatic carbocycles. The van der Waals surface area contributed by atoms with Crippen LogP contribution in [0.3, 0.4) is 0 Å². The Bertz CT molecular complexity index is 990. The van der Waals surface area contributed by atoms with Crippen LogP contribution < -0.4 is 4.74 Å². The third kappa shape index (κ3) is 3.48. The molecule has 0 aliphatic heterocycles. The van der Waals surface area contributed by atoms with Crippen molar-refractivity contribution in [2.45, 2.75) is 6.42 Å². The van der Waals surface area contributed by atoms with Crippen molar-refractivity contribution in [2.75, 3.05) is 7.11 Å². The van der Waals surface area contributed by atoms with Crippen molar-refractivity contribution >= 4 is 5.69 Å². The van der Waals surface area contributed by atoms with E-state index in [2.05, 4.69) is 0 Å². The summed E-state index contributed by atoms with van der Waals surface area (Å²) in [5.74, 6) is -3.24. The molecule has 0 amide bonds. The average molecular weight is 373 g/mol. The van der Waals surface area contributed by atoms with E-state index in [0.717, 1.165) is 19.2 Å². The number of nitrogens with zero attached hydrogens (tertiary/aromatic N) is 1. The van der Waals surface area contributed by atoms with Gasteiger partial charge in [-0.2, -0.15) is 4.39 Å². The van der Waals surface area contributed by atoms with E-state index >= 15 is 4.39 Å². The zero-order valence-electron chi connectivity index (χ0n) is 14.2. The molecule has 0 heterocycles. The standard InChI is InChI=1S/C20H14F3NO3/c1-27-20-16(13-5-3-2-4-6-13)17(22)15(18(23)19(20)24(25)26)11-12-7-9-14(21)10-8-12/h2-10H,11H2,1H3. The summed E-state index contributed by atoms with van der Waals surface area (Å²) >= 11 is 0. The largest absolute Gasteiger partial charge is 0.490 e. The number of halogens is 3. The van der Waals surface area contributed by atoms with Crippen molar-refractivity contribution in [3.8, 4) is 16.9 Å². The Morgan fingerprint density at radius 1 is 0.963 bits per heavy atom. The average Bonchev–Trinajstić information content (AvgIpc) is 2.66. The van der Waals surface area contributed by atoms with E-state index in [1.165, 1.54) is 12.1 Å². The van der Waals surface area contributed by atoms with Gasteiger partial charge in [0.15, 0.2) is 0 Å². The molecular weight excluding hydrogens is 359 g/mol. The maximum absolute atomic E-state index is 15.3. The zero-order valence-corrected chi connectivity index (χ0v) is 14.2. The lowest BCUT2D eigenvalue weighted by Crippen LogP contribution is -2.07. The maximum Gasteiger partial charge on any atom is 0.347 e. The fraction of sp³-hybridized carbons (Fsp3) is 0.100. The molecule has 0 fully saturated rings. The summed E-state index contributed by atoms with van der Waals surface area (Å²) in [6.07, 6.45) is -0.275. The quantitative estimate of drug-likeness (QED) is 0.452. The number of nitro benzene ring substituents is 1. The minimum absolute atomic E-state index is 0.191. The van der Waals surface area contributed by atoms with Gasteiger partial charge in [0.2, 0.25) is 11.6 Å². The van der Waals surface area contributed by atoms with Crippen LogP contribution in [0.15, 0.2) is 54.6 Å². The van der Waals surface area contributed by atoms with Crippen LogP contribution in [0.4, 0.5) is 18.9 Å². The van der Waals surface area contributed by atoms with E-state index in [1.54, 1.807) is 30.3 Å². The summed E-state index contributed by atoms with van der Waals surface area (Å²) in [5, 5.41) is 11.5. The Morgan fingerprint density at radius 2 is 1.59 bits per heavy atom. The topological polar surface area (TPSA) is 52.4 Å². The lowest BCUT2D eigenvalue weighted by molar-refractivity contribution is -0.388. The molecule has 7 heteroatoms. The van der Waals surface area contributed by atoms with Gasteiger partial charge >= 0.3 is 5.69 Å². The molecule has 0 unspecified atom stereocenters. The molecule has 138 valence electrons. The second-order valence-electron chi connectivity index (χ2n) is 5.79. The number of benzene rings is 3. The van der Waals surface area contributed by atoms with E-state index in [4.69, 9.17) is 4.74 Å². The highest BCUT2D eigenvalue weighted by molar-refractivity contribution is 5.78. The molecule has 0 atom stereocenters. The second kappa shape index (κ2) is 7.49. The summed E-state index contributed by atoms with van der Waals surface area (Å²) < 4.78 is 48.2. The van der Waals surface area contributed by atoms with Gasteiger partial charge in [-0.25, -0.2) is 8.78 Å². The lowest BCUT2D eigenvalue weighted by atomic mass is 9.95. The molecule has 3 aromatic carbocycles. The Morgan fingerprint density at radius 3 is 2.15 bits per heavy atom. The van der Waals surface area contributed by atoms with E-state index in [1.807, 2.05) is 0 Å². The molecule has 4 nitrogen and oxygen atoms in total. The van der Waals surface area contributed by atoms with Crippen LogP contribution >= 0.6 is 0 Å². The number of ether oxygens (including phenoxy) is 1. The molecule has 0 saturated heterocycles. The highest BCUT2D eigenvalue weighted by atomic mass is 19.1. The molecule has 0 aromatic heterocycles. The number of rotatable bonds is 5. The molecule has 27 heavy (non-hydrogen) atoms. The molecular formula is C20H14F3NO3. The molecule has 0 radical (unpaired) electrons. The van der Waals surface area contributed by atoms with Gasteiger partial charge in [0.1, 0.15) is 11.6 Å². The molecule has 3 rings (SSSR count). The summed E-state index contributed by atoms with van der Waals surface area (Å²) in [7, 11) is 1.12. The first-order chi connectivity index (χ1) is 12.9. The van der Waals surface area contributed by atoms with Crippen LogP contribution in [0.5, 0.6) is 5.75 Å². The van der Waals surface area contributed by atoms with Crippen molar-refractivity contribution < 1.29 is 22.8 Å². The van der Waals surface area contributed by atoms with Crippen molar-refractivity contribution in [3.05, 3.63) is 93.3 Å². The maximum atomic E-state index is 15.3. The fourth-order valence-corrected chi connectivity index (χ4v) is 2.89. The van der Waals surface area contributed by atoms with E-state index in [-0.39, 0.29) is 12.0 Å². The molecule has 0 N–H and O–H groups in total. The molecule has 3 aromatic rings. The highest BCUT2D eigenvalue weighted by Gasteiger charge is 2.33. The van der Waals surface area contributed by atoms with Crippen LogP contribution in [-0.2, 0) is 6.42 Å². The van der Waals surface area contributed by atoms with Crippen LogP contribution in [0, 0.1) is 27.6 Å². The smallest absolute Gasteiger partial charge is 0.347 e. The van der Waals surface area contributed by atoms with Gasteiger partial charge in [-0.1, -0.05) is 42.5 Å². The molecule has 0 bridgehead atoms. The minimum Gasteiger partial charge on any atom is -0.490 e. The SMILES string of the molecule is COc1c(-c2ccccc2)c(F)c(Cc2ccc(F)cc2)c(F)c1[N+](=O)[O-]. The van der Waals surface area contributed by atoms with Crippen LogP contribution in [0.1, 0.15) is 11.1 Å². The number of methoxy groups -OCH3 is 1. The third-order valence-corrected chi connectivity index (χ3v) is 4.14. The van der Waals surface area contributed by atoms with Crippen molar-refractivity contribution in [3.63, 3.8) is 0 Å². The summed E-state index contributed by atoms with van der Waals surface area (Å²) in [4.78, 5) is 10.5. The first kappa shape index (κ1) is 18.4. The van der Waals surface area contributed by atoms with Crippen LogP contribution in [0.2, 0.25) is 0 Å². The van der Waals surface area contributed by atoms with Gasteiger partial charge in [0.05, 0.1) is 17.6 Å². The summed E-state index contributed by atoms with van der Waals surface area (Å²) in [6.45, 7) is 0. The van der Waals surface area contributed by atoms with Gasteiger partial charge < -0.3 is 4.74 Å². The number of hydrogen-bond donors (Lipinski definition) is 0. The minimum atomic E-state index is -1.31. The third-order valence-electron chi connectivity index (χ3n) is 4.14. The van der Waals surface area contributed by atoms with Gasteiger partial charge in [0, 0.05) is 12.0 Å². The van der Waals surface area contributed by atoms with Crippen LogP contribution in [0.25, 0.3) is 11.1 Å². The first-order valence-corrected chi connectivity index (χ1v) is 7.96. The highest BCUT2D eigenvalue weighted by Crippen LogP contribution is 2.44. The molecule has 0 spiro atoms. The van der Waals surface area contributed by atoms with Gasteiger partial charge in [-0.05, 0) is 23.3 Å². The second-order valence-corrected chi connectivity index (χ2v) is 5.79.